The Labute approximate surface area is 311 Å². The second kappa shape index (κ2) is 19.7. The molecule has 2 aromatic rings. The van der Waals surface area contributed by atoms with Crippen LogP contribution in [0.4, 0.5) is 8.78 Å². The standard InChI is InChI=1S/C35H46F2N2O13P2/c1-2-51-31(41)12-8-3-4-9-23-39-28(18-20-30(39)40)17-19-29(35(36,37)27-10-6-5-7-11-27)52-32(42)24-25-13-15-26(16-14-25)33(43)38-22-21-34(44,53(45,46)47)54(48,49)50/h5-7,10-11,13-17,19,28-29,44H,2-4,8-9,12,18,20-24H2,1H3,(H,38,43)(H2,45,46,47)(H2,48,49,50)/b19-17+/t28-,29+/m0/s1. The molecule has 0 bridgehead atoms. The molecule has 0 radical (unpaired) electrons. The lowest BCUT2D eigenvalue weighted by atomic mass is 10.0. The summed E-state index contributed by atoms with van der Waals surface area (Å²) in [6.45, 7) is 1.72. The highest BCUT2D eigenvalue weighted by Gasteiger charge is 2.58. The molecule has 1 saturated heterocycles. The monoisotopic (exact) mass is 802 g/mol. The first-order valence-corrected chi connectivity index (χ1v) is 20.5. The maximum absolute atomic E-state index is 15.9. The first-order valence-electron chi connectivity index (χ1n) is 17.3. The van der Waals surface area contributed by atoms with Crippen molar-refractivity contribution in [3.8, 4) is 0 Å². The van der Waals surface area contributed by atoms with E-state index in [4.69, 9.17) is 9.47 Å². The number of carbonyl (C=O) groups is 4. The van der Waals surface area contributed by atoms with Crippen molar-refractivity contribution in [1.82, 2.24) is 10.2 Å². The number of hydrogen-bond acceptors (Lipinski definition) is 9. The van der Waals surface area contributed by atoms with E-state index in [-0.39, 0.29) is 29.4 Å². The predicted molar refractivity (Wildman–Crippen MR) is 190 cm³/mol. The van der Waals surface area contributed by atoms with Crippen LogP contribution in [-0.4, -0.2) is 90.3 Å². The van der Waals surface area contributed by atoms with E-state index in [0.29, 0.717) is 38.8 Å². The number of halogens is 2. The summed E-state index contributed by atoms with van der Waals surface area (Å²) >= 11 is 0. The van der Waals surface area contributed by atoms with Crippen molar-refractivity contribution >= 4 is 38.9 Å². The zero-order valence-electron chi connectivity index (χ0n) is 29.6. The second-order valence-electron chi connectivity index (χ2n) is 12.7. The molecular weight excluding hydrogens is 756 g/mol. The van der Waals surface area contributed by atoms with Crippen molar-refractivity contribution in [3.05, 3.63) is 83.4 Å². The van der Waals surface area contributed by atoms with Gasteiger partial charge in [0.2, 0.25) is 5.91 Å². The molecule has 1 aliphatic heterocycles. The van der Waals surface area contributed by atoms with Gasteiger partial charge in [-0.2, -0.15) is 8.78 Å². The third-order valence-electron chi connectivity index (χ3n) is 8.74. The van der Waals surface area contributed by atoms with Crippen LogP contribution in [0.1, 0.15) is 79.8 Å². The zero-order chi connectivity index (χ0) is 40.2. The third kappa shape index (κ3) is 12.4. The normalized spacial score (nSPS) is 16.0. The molecule has 0 aromatic heterocycles. The van der Waals surface area contributed by atoms with Crippen molar-refractivity contribution in [2.45, 2.75) is 87.9 Å². The molecule has 1 aliphatic rings. The summed E-state index contributed by atoms with van der Waals surface area (Å²) in [5.74, 6) is -5.91. The van der Waals surface area contributed by atoms with E-state index < -0.39 is 75.2 Å². The summed E-state index contributed by atoms with van der Waals surface area (Å²) in [5, 5.41) is 8.43. The fourth-order valence-corrected chi connectivity index (χ4v) is 7.87. The van der Waals surface area contributed by atoms with E-state index in [0.717, 1.165) is 18.9 Å². The van der Waals surface area contributed by atoms with E-state index >= 15 is 8.78 Å². The van der Waals surface area contributed by atoms with E-state index in [1.807, 2.05) is 0 Å². The summed E-state index contributed by atoms with van der Waals surface area (Å²) in [7, 11) is -11.4. The van der Waals surface area contributed by atoms with Gasteiger partial charge in [0.25, 0.3) is 11.0 Å². The van der Waals surface area contributed by atoms with Gasteiger partial charge in [-0.15, -0.1) is 0 Å². The number of esters is 2. The van der Waals surface area contributed by atoms with Crippen LogP contribution in [0.3, 0.4) is 0 Å². The van der Waals surface area contributed by atoms with Gasteiger partial charge in [0.1, 0.15) is 0 Å². The van der Waals surface area contributed by atoms with Gasteiger partial charge in [-0.3, -0.25) is 28.3 Å². The molecule has 6 N–H and O–H groups in total. The Kier molecular flexibility index (Phi) is 16.2. The minimum absolute atomic E-state index is 0.0354. The van der Waals surface area contributed by atoms with Gasteiger partial charge in [-0.05, 0) is 50.0 Å². The molecule has 2 amide bonds. The number of alkyl halides is 2. The van der Waals surface area contributed by atoms with Gasteiger partial charge in [0.15, 0.2) is 6.10 Å². The molecule has 0 aliphatic carbocycles. The largest absolute Gasteiger partial charge is 0.466 e. The number of likely N-dealkylation sites (tertiary alicyclic amines) is 1. The van der Waals surface area contributed by atoms with Gasteiger partial charge < -0.3 is 44.4 Å². The number of benzene rings is 2. The van der Waals surface area contributed by atoms with Gasteiger partial charge >= 0.3 is 33.1 Å². The number of unbranched alkanes of at least 4 members (excludes halogenated alkanes) is 3. The minimum Gasteiger partial charge on any atom is -0.466 e. The molecule has 54 heavy (non-hydrogen) atoms. The lowest BCUT2D eigenvalue weighted by Gasteiger charge is -2.29. The summed E-state index contributed by atoms with van der Waals surface area (Å²) in [6, 6.07) is 11.5. The molecule has 0 spiro atoms. The average Bonchev–Trinajstić information content (AvgIpc) is 3.46. The molecule has 1 fully saturated rings. The van der Waals surface area contributed by atoms with Crippen LogP contribution in [0.5, 0.6) is 0 Å². The Balaban J connectivity index is 1.65. The predicted octanol–water partition coefficient (Wildman–Crippen LogP) is 4.12. The Morgan fingerprint density at radius 1 is 0.963 bits per heavy atom. The average molecular weight is 803 g/mol. The summed E-state index contributed by atoms with van der Waals surface area (Å²) in [6.07, 6.45) is 2.59. The number of carbonyl (C=O) groups excluding carboxylic acids is 4. The second-order valence-corrected chi connectivity index (χ2v) is 16.7. The molecule has 2 aromatic carbocycles. The summed E-state index contributed by atoms with van der Waals surface area (Å²) in [5.41, 5.74) is -0.161. The SMILES string of the molecule is CCOC(=O)CCCCCCN1C(=O)CC[C@@H]1/C=C/[C@@H](OC(=O)Cc1ccc(C(=O)NCCC(O)(P(=O)(O)O)P(=O)(O)O)cc1)C(F)(F)c1ccccc1. The lowest BCUT2D eigenvalue weighted by molar-refractivity contribution is -0.167. The smallest absolute Gasteiger partial charge is 0.369 e. The number of rotatable bonds is 21. The number of nitrogens with zero attached hydrogens (tertiary/aromatic N) is 1. The van der Waals surface area contributed by atoms with Crippen LogP contribution < -0.4 is 5.32 Å². The van der Waals surface area contributed by atoms with Crippen molar-refractivity contribution in [2.75, 3.05) is 19.7 Å². The maximum Gasteiger partial charge on any atom is 0.369 e. The van der Waals surface area contributed by atoms with E-state index in [9.17, 15) is 53.0 Å². The van der Waals surface area contributed by atoms with Gasteiger partial charge in [0, 0.05) is 43.5 Å². The number of ether oxygens (including phenoxy) is 2. The molecular formula is C35H46F2N2O13P2. The zero-order valence-corrected chi connectivity index (χ0v) is 31.4. The van der Waals surface area contributed by atoms with Crippen LogP contribution in [0.15, 0.2) is 66.7 Å². The van der Waals surface area contributed by atoms with Crippen LogP contribution >= 0.6 is 15.2 Å². The Morgan fingerprint density at radius 3 is 2.20 bits per heavy atom. The quantitative estimate of drug-likeness (QED) is 0.0452. The van der Waals surface area contributed by atoms with Crippen LogP contribution in [-0.2, 0) is 45.3 Å². The molecule has 19 heteroatoms. The fourth-order valence-electron chi connectivity index (χ4n) is 5.70. The van der Waals surface area contributed by atoms with Crippen molar-refractivity contribution in [1.29, 1.82) is 0 Å². The van der Waals surface area contributed by atoms with Crippen molar-refractivity contribution < 1.29 is 71.2 Å². The van der Waals surface area contributed by atoms with Crippen LogP contribution in [0.25, 0.3) is 0 Å². The van der Waals surface area contributed by atoms with Gasteiger partial charge in [-0.25, -0.2) is 0 Å². The Morgan fingerprint density at radius 2 is 1.59 bits per heavy atom. The van der Waals surface area contributed by atoms with E-state index in [2.05, 4.69) is 5.32 Å². The molecule has 3 rings (SSSR count). The molecule has 15 nitrogen and oxygen atoms in total. The van der Waals surface area contributed by atoms with Crippen molar-refractivity contribution in [3.63, 3.8) is 0 Å². The number of hydrogen-bond donors (Lipinski definition) is 6. The molecule has 0 saturated carbocycles. The first-order chi connectivity index (χ1) is 25.3. The van der Waals surface area contributed by atoms with E-state index in [1.54, 1.807) is 17.9 Å². The molecule has 1 heterocycles. The Bertz CT molecular complexity index is 1690. The number of aliphatic hydroxyl groups is 1. The van der Waals surface area contributed by atoms with E-state index in [1.165, 1.54) is 54.6 Å². The van der Waals surface area contributed by atoms with Crippen molar-refractivity contribution in [2.24, 2.45) is 0 Å². The lowest BCUT2D eigenvalue weighted by Crippen LogP contribution is -2.36. The summed E-state index contributed by atoms with van der Waals surface area (Å²) < 4.78 is 65.0. The Hall–Kier alpha value is -3.82. The van der Waals surface area contributed by atoms with Gasteiger partial charge in [0.05, 0.1) is 19.1 Å². The highest BCUT2D eigenvalue weighted by Crippen LogP contribution is 2.68. The topological polar surface area (TPSA) is 237 Å². The minimum atomic E-state index is -5.71. The molecule has 0 unspecified atom stereocenters. The first kappa shape index (κ1) is 44.6. The summed E-state index contributed by atoms with van der Waals surface area (Å²) in [4.78, 5) is 88.3. The van der Waals surface area contributed by atoms with Gasteiger partial charge in [-0.1, -0.05) is 61.4 Å². The third-order valence-corrected chi connectivity index (χ3v) is 12.6. The number of nitrogens with one attached hydrogen (secondary N) is 1. The highest BCUT2D eigenvalue weighted by molar-refractivity contribution is 7.72. The van der Waals surface area contributed by atoms with Crippen LogP contribution in [0.2, 0.25) is 0 Å². The molecule has 298 valence electrons. The van der Waals surface area contributed by atoms with Crippen LogP contribution in [0, 0.1) is 0 Å². The number of amides is 2. The molecule has 2 atom stereocenters. The highest BCUT2D eigenvalue weighted by atomic mass is 31.2. The maximum atomic E-state index is 15.9. The fraction of sp³-hybridized carbons (Fsp3) is 0.486.